The summed E-state index contributed by atoms with van der Waals surface area (Å²) < 4.78 is 15.4. The van der Waals surface area contributed by atoms with Gasteiger partial charge in [0.2, 0.25) is 0 Å². The van der Waals surface area contributed by atoms with Crippen LogP contribution in [0.3, 0.4) is 0 Å². The summed E-state index contributed by atoms with van der Waals surface area (Å²) in [6, 6.07) is 6.59. The molecule has 108 valence electrons. The molecule has 2 aromatic rings. The van der Waals surface area contributed by atoms with Gasteiger partial charge in [-0.25, -0.2) is 4.39 Å². The lowest BCUT2D eigenvalue weighted by atomic mass is 10.0. The average molecular weight is 297 g/mol. The average Bonchev–Trinajstić information content (AvgIpc) is 2.81. The largest absolute Gasteiger partial charge is 0.271 e. The lowest BCUT2D eigenvalue weighted by Gasteiger charge is -2.18. The van der Waals surface area contributed by atoms with Crippen LogP contribution in [-0.2, 0) is 13.0 Å². The first-order valence-corrected chi connectivity index (χ1v) is 6.88. The molecule has 0 aliphatic heterocycles. The fraction of sp³-hybridized carbons (Fsp3) is 0.357. The zero-order valence-corrected chi connectivity index (χ0v) is 12.3. The van der Waals surface area contributed by atoms with Gasteiger partial charge in [-0.05, 0) is 38.0 Å². The predicted molar refractivity (Wildman–Crippen MR) is 77.8 cm³/mol. The maximum atomic E-state index is 13.5. The molecule has 1 aromatic heterocycles. The molecule has 0 saturated heterocycles. The molecular weight excluding hydrogens is 279 g/mol. The summed E-state index contributed by atoms with van der Waals surface area (Å²) in [5, 5.41) is 4.54. The van der Waals surface area contributed by atoms with E-state index in [1.54, 1.807) is 12.1 Å². The van der Waals surface area contributed by atoms with Gasteiger partial charge in [-0.1, -0.05) is 23.7 Å². The van der Waals surface area contributed by atoms with Crippen LogP contribution in [0.15, 0.2) is 24.3 Å². The Balaban J connectivity index is 2.31. The second-order valence-electron chi connectivity index (χ2n) is 4.66. The third kappa shape index (κ3) is 3.00. The number of rotatable bonds is 5. The van der Waals surface area contributed by atoms with E-state index >= 15 is 0 Å². The third-order valence-corrected chi connectivity index (χ3v) is 3.67. The van der Waals surface area contributed by atoms with Crippen LogP contribution in [0.4, 0.5) is 4.39 Å². The molecule has 1 unspecified atom stereocenters. The van der Waals surface area contributed by atoms with Crippen molar-refractivity contribution >= 4 is 11.6 Å². The number of nitrogens with two attached hydrogens (primary N) is 1. The SMILES string of the molecule is CCn1nc(C)cc1C(Cc1cccc(F)c1Cl)NN. The first kappa shape index (κ1) is 15.0. The monoisotopic (exact) mass is 296 g/mol. The zero-order valence-electron chi connectivity index (χ0n) is 11.5. The number of nitrogens with zero attached hydrogens (tertiary/aromatic N) is 2. The molecule has 1 atom stereocenters. The molecule has 0 radical (unpaired) electrons. The molecule has 3 N–H and O–H groups in total. The van der Waals surface area contributed by atoms with Crippen LogP contribution in [-0.4, -0.2) is 9.78 Å². The fourth-order valence-corrected chi connectivity index (χ4v) is 2.48. The maximum Gasteiger partial charge on any atom is 0.142 e. The first-order valence-electron chi connectivity index (χ1n) is 6.50. The number of hydrogen-bond donors (Lipinski definition) is 2. The van der Waals surface area contributed by atoms with Crippen molar-refractivity contribution < 1.29 is 4.39 Å². The van der Waals surface area contributed by atoms with E-state index in [2.05, 4.69) is 10.5 Å². The standard InChI is InChI=1S/C14H18ClFN4/c1-3-20-13(7-9(2)19-20)12(18-17)8-10-5-4-6-11(16)14(10)15/h4-7,12,18H,3,8,17H2,1-2H3. The van der Waals surface area contributed by atoms with E-state index in [1.165, 1.54) is 6.07 Å². The number of benzene rings is 1. The summed E-state index contributed by atoms with van der Waals surface area (Å²) >= 11 is 5.99. The van der Waals surface area contributed by atoms with E-state index in [0.29, 0.717) is 6.42 Å². The molecule has 20 heavy (non-hydrogen) atoms. The van der Waals surface area contributed by atoms with Crippen molar-refractivity contribution in [1.82, 2.24) is 15.2 Å². The van der Waals surface area contributed by atoms with Crippen molar-refractivity contribution in [3.8, 4) is 0 Å². The fourth-order valence-electron chi connectivity index (χ4n) is 2.27. The minimum Gasteiger partial charge on any atom is -0.271 e. The van der Waals surface area contributed by atoms with E-state index < -0.39 is 5.82 Å². The van der Waals surface area contributed by atoms with Crippen molar-refractivity contribution in [2.24, 2.45) is 5.84 Å². The van der Waals surface area contributed by atoms with Crippen molar-refractivity contribution in [3.63, 3.8) is 0 Å². The van der Waals surface area contributed by atoms with Gasteiger partial charge in [0.1, 0.15) is 5.82 Å². The topological polar surface area (TPSA) is 55.9 Å². The van der Waals surface area contributed by atoms with Crippen LogP contribution in [0.2, 0.25) is 5.02 Å². The van der Waals surface area contributed by atoms with E-state index in [4.69, 9.17) is 17.4 Å². The van der Waals surface area contributed by atoms with Gasteiger partial charge in [0.25, 0.3) is 0 Å². The van der Waals surface area contributed by atoms with Crippen molar-refractivity contribution in [2.45, 2.75) is 32.9 Å². The van der Waals surface area contributed by atoms with Crippen LogP contribution in [0.25, 0.3) is 0 Å². The third-order valence-electron chi connectivity index (χ3n) is 3.25. The molecule has 0 aliphatic rings. The normalized spacial score (nSPS) is 12.7. The second-order valence-corrected chi connectivity index (χ2v) is 5.04. The summed E-state index contributed by atoms with van der Waals surface area (Å²) in [5.41, 5.74) is 5.37. The van der Waals surface area contributed by atoms with Crippen LogP contribution in [0, 0.1) is 12.7 Å². The summed E-state index contributed by atoms with van der Waals surface area (Å²) in [6.45, 7) is 4.69. The van der Waals surface area contributed by atoms with E-state index in [0.717, 1.165) is 23.5 Å². The molecule has 2 rings (SSSR count). The Hall–Kier alpha value is -1.43. The summed E-state index contributed by atoms with van der Waals surface area (Å²) in [5.74, 6) is 5.23. The molecule has 0 amide bonds. The van der Waals surface area contributed by atoms with Gasteiger partial charge in [-0.2, -0.15) is 5.10 Å². The molecular formula is C14H18ClFN4. The highest BCUT2D eigenvalue weighted by Crippen LogP contribution is 2.25. The Morgan fingerprint density at radius 2 is 2.25 bits per heavy atom. The second kappa shape index (κ2) is 6.35. The molecule has 0 fully saturated rings. The van der Waals surface area contributed by atoms with Gasteiger partial charge >= 0.3 is 0 Å². The molecule has 6 heteroatoms. The Morgan fingerprint density at radius 3 is 2.90 bits per heavy atom. The Bertz CT molecular complexity index is 597. The minimum absolute atomic E-state index is 0.145. The zero-order chi connectivity index (χ0) is 14.7. The quantitative estimate of drug-likeness (QED) is 0.659. The van der Waals surface area contributed by atoms with Gasteiger partial charge in [0, 0.05) is 6.54 Å². The number of aromatic nitrogens is 2. The molecule has 1 aromatic carbocycles. The van der Waals surface area contributed by atoms with E-state index in [9.17, 15) is 4.39 Å². The first-order chi connectivity index (χ1) is 9.56. The van der Waals surface area contributed by atoms with Gasteiger partial charge < -0.3 is 0 Å². The number of aryl methyl sites for hydroxylation is 2. The molecule has 1 heterocycles. The molecule has 0 spiro atoms. The maximum absolute atomic E-state index is 13.5. The molecule has 4 nitrogen and oxygen atoms in total. The van der Waals surface area contributed by atoms with Crippen molar-refractivity contribution in [1.29, 1.82) is 0 Å². The van der Waals surface area contributed by atoms with Gasteiger partial charge in [-0.3, -0.25) is 16.0 Å². The highest BCUT2D eigenvalue weighted by molar-refractivity contribution is 6.31. The van der Waals surface area contributed by atoms with Crippen molar-refractivity contribution in [2.75, 3.05) is 0 Å². The van der Waals surface area contributed by atoms with Gasteiger partial charge in [-0.15, -0.1) is 0 Å². The molecule has 0 bridgehead atoms. The minimum atomic E-state index is -0.417. The lowest BCUT2D eigenvalue weighted by Crippen LogP contribution is -2.31. The van der Waals surface area contributed by atoms with Crippen molar-refractivity contribution in [3.05, 3.63) is 52.1 Å². The van der Waals surface area contributed by atoms with Gasteiger partial charge in [0.15, 0.2) is 0 Å². The Morgan fingerprint density at radius 1 is 1.50 bits per heavy atom. The summed E-state index contributed by atoms with van der Waals surface area (Å²) in [4.78, 5) is 0. The van der Waals surface area contributed by atoms with E-state index in [-0.39, 0.29) is 11.1 Å². The highest BCUT2D eigenvalue weighted by atomic mass is 35.5. The number of hydrazine groups is 1. The summed E-state index contributed by atoms with van der Waals surface area (Å²) in [7, 11) is 0. The Labute approximate surface area is 122 Å². The number of hydrogen-bond acceptors (Lipinski definition) is 3. The number of nitrogens with one attached hydrogen (secondary N) is 1. The highest BCUT2D eigenvalue weighted by Gasteiger charge is 2.18. The molecule has 0 saturated carbocycles. The smallest absolute Gasteiger partial charge is 0.142 e. The van der Waals surface area contributed by atoms with Gasteiger partial charge in [0.05, 0.1) is 22.5 Å². The van der Waals surface area contributed by atoms with Crippen LogP contribution < -0.4 is 11.3 Å². The number of halogens is 2. The predicted octanol–water partition coefficient (Wildman–Crippen LogP) is 2.75. The Kier molecular flexibility index (Phi) is 4.75. The summed E-state index contributed by atoms with van der Waals surface area (Å²) in [6.07, 6.45) is 0.498. The molecule has 0 aliphatic carbocycles. The van der Waals surface area contributed by atoms with Crippen LogP contribution in [0.1, 0.15) is 29.9 Å². The van der Waals surface area contributed by atoms with Crippen LogP contribution >= 0.6 is 11.6 Å². The van der Waals surface area contributed by atoms with Crippen LogP contribution in [0.5, 0.6) is 0 Å². The van der Waals surface area contributed by atoms with E-state index in [1.807, 2.05) is 24.6 Å². The lowest BCUT2D eigenvalue weighted by molar-refractivity contribution is 0.489.